The lowest BCUT2D eigenvalue weighted by Gasteiger charge is -2.43. The molecule has 1 aliphatic carbocycles. The summed E-state index contributed by atoms with van der Waals surface area (Å²) in [6.45, 7) is 5.65. The zero-order valence-corrected chi connectivity index (χ0v) is 19.5. The van der Waals surface area contributed by atoms with E-state index in [2.05, 4.69) is 10.4 Å². The van der Waals surface area contributed by atoms with Gasteiger partial charge in [0, 0.05) is 12.1 Å². The lowest BCUT2D eigenvalue weighted by atomic mass is 9.91. The topological polar surface area (TPSA) is 67.2 Å². The summed E-state index contributed by atoms with van der Waals surface area (Å²) in [5, 5.41) is 7.69. The standard InChI is InChI=1S/C25H32F2N4O2/c1-16(2)20-14-22-23(32)31(21-12-11-17(26)13-19(21)27)25(3,15-30(22)29-20)24(33)28-18-9-7-5-4-6-8-10-18/h11-14,16,18H,4-10,15H2,1-3H3,(H,28,33)/t25-/m0/s1. The second kappa shape index (κ2) is 9.23. The molecule has 2 aromatic rings. The highest BCUT2D eigenvalue weighted by atomic mass is 19.1. The minimum atomic E-state index is -1.43. The van der Waals surface area contributed by atoms with Crippen LogP contribution >= 0.6 is 0 Å². The summed E-state index contributed by atoms with van der Waals surface area (Å²) in [4.78, 5) is 28.5. The van der Waals surface area contributed by atoms with E-state index in [1.54, 1.807) is 17.7 Å². The third-order valence-corrected chi connectivity index (χ3v) is 6.84. The SMILES string of the molecule is CC(C)c1cc2n(n1)C[C@@](C)(C(=O)NC1CCCCCCC1)N(c1ccc(F)cc1F)C2=O. The van der Waals surface area contributed by atoms with Crippen molar-refractivity contribution in [1.82, 2.24) is 15.1 Å². The van der Waals surface area contributed by atoms with Gasteiger partial charge in [-0.15, -0.1) is 0 Å². The fourth-order valence-electron chi connectivity index (χ4n) is 4.87. The summed E-state index contributed by atoms with van der Waals surface area (Å²) in [5.41, 5.74) is -0.526. The molecule has 0 spiro atoms. The minimum absolute atomic E-state index is 0.00915. The summed E-state index contributed by atoms with van der Waals surface area (Å²) in [6.07, 6.45) is 7.34. The number of nitrogens with zero attached hydrogens (tertiary/aromatic N) is 3. The van der Waals surface area contributed by atoms with E-state index in [1.165, 1.54) is 17.4 Å². The summed E-state index contributed by atoms with van der Waals surface area (Å²) in [5.74, 6) is -2.42. The first-order valence-corrected chi connectivity index (χ1v) is 11.9. The van der Waals surface area contributed by atoms with Crippen LogP contribution in [0, 0.1) is 11.6 Å². The molecule has 33 heavy (non-hydrogen) atoms. The first-order chi connectivity index (χ1) is 15.7. The molecule has 0 saturated heterocycles. The van der Waals surface area contributed by atoms with Crippen LogP contribution in [0.4, 0.5) is 14.5 Å². The van der Waals surface area contributed by atoms with E-state index in [1.807, 2.05) is 13.8 Å². The number of fused-ring (bicyclic) bond motifs is 1. The number of rotatable bonds is 4. The quantitative estimate of drug-likeness (QED) is 0.706. The molecule has 4 rings (SSSR count). The van der Waals surface area contributed by atoms with Gasteiger partial charge in [-0.05, 0) is 43.9 Å². The van der Waals surface area contributed by atoms with Crippen molar-refractivity contribution < 1.29 is 18.4 Å². The number of benzene rings is 1. The molecule has 1 aromatic carbocycles. The maximum atomic E-state index is 14.9. The zero-order chi connectivity index (χ0) is 23.8. The number of carbonyl (C=O) groups is 2. The maximum Gasteiger partial charge on any atom is 0.277 e. The van der Waals surface area contributed by atoms with Crippen LogP contribution in [-0.2, 0) is 11.3 Å². The first-order valence-electron chi connectivity index (χ1n) is 11.9. The van der Waals surface area contributed by atoms with Crippen molar-refractivity contribution in [3.63, 3.8) is 0 Å². The third kappa shape index (κ3) is 4.52. The Labute approximate surface area is 193 Å². The number of anilines is 1. The molecule has 2 amide bonds. The molecule has 178 valence electrons. The van der Waals surface area contributed by atoms with E-state index in [-0.39, 0.29) is 30.1 Å². The van der Waals surface area contributed by atoms with Crippen molar-refractivity contribution in [2.24, 2.45) is 0 Å². The van der Waals surface area contributed by atoms with Crippen LogP contribution in [0.1, 0.15) is 87.8 Å². The highest BCUT2D eigenvalue weighted by molar-refractivity contribution is 6.11. The third-order valence-electron chi connectivity index (χ3n) is 6.84. The summed E-state index contributed by atoms with van der Waals surface area (Å²) >= 11 is 0. The Morgan fingerprint density at radius 2 is 1.79 bits per heavy atom. The smallest absolute Gasteiger partial charge is 0.277 e. The number of aromatic nitrogens is 2. The molecular weight excluding hydrogens is 426 g/mol. The average molecular weight is 459 g/mol. The van der Waals surface area contributed by atoms with E-state index in [0.717, 1.165) is 56.4 Å². The lowest BCUT2D eigenvalue weighted by molar-refractivity contribution is -0.127. The maximum absolute atomic E-state index is 14.9. The van der Waals surface area contributed by atoms with Gasteiger partial charge in [0.1, 0.15) is 22.9 Å². The van der Waals surface area contributed by atoms with Gasteiger partial charge in [0.2, 0.25) is 5.91 Å². The summed E-state index contributed by atoms with van der Waals surface area (Å²) < 4.78 is 30.1. The van der Waals surface area contributed by atoms with Crippen molar-refractivity contribution in [3.05, 3.63) is 47.3 Å². The molecule has 6 nitrogen and oxygen atoms in total. The number of hydrogen-bond donors (Lipinski definition) is 1. The molecule has 1 atom stereocenters. The molecule has 1 fully saturated rings. The van der Waals surface area contributed by atoms with E-state index in [0.29, 0.717) is 5.69 Å². The molecule has 1 saturated carbocycles. The minimum Gasteiger partial charge on any atom is -0.351 e. The van der Waals surface area contributed by atoms with E-state index < -0.39 is 23.1 Å². The van der Waals surface area contributed by atoms with Crippen LogP contribution in [0.5, 0.6) is 0 Å². The fraction of sp³-hybridized carbons (Fsp3) is 0.560. The number of amides is 2. The highest BCUT2D eigenvalue weighted by Crippen LogP contribution is 2.35. The monoisotopic (exact) mass is 458 g/mol. The Kier molecular flexibility index (Phi) is 6.54. The molecule has 1 N–H and O–H groups in total. The Morgan fingerprint density at radius 3 is 2.42 bits per heavy atom. The van der Waals surface area contributed by atoms with E-state index in [9.17, 15) is 18.4 Å². The fourth-order valence-corrected chi connectivity index (χ4v) is 4.87. The van der Waals surface area contributed by atoms with Gasteiger partial charge in [-0.25, -0.2) is 8.78 Å². The highest BCUT2D eigenvalue weighted by Gasteiger charge is 2.50. The Hall–Kier alpha value is -2.77. The van der Waals surface area contributed by atoms with Crippen molar-refractivity contribution in [3.8, 4) is 0 Å². The Bertz CT molecular complexity index is 1040. The second-order valence-electron chi connectivity index (χ2n) is 9.79. The van der Waals surface area contributed by atoms with E-state index in [4.69, 9.17) is 0 Å². The molecule has 0 unspecified atom stereocenters. The first kappa shape index (κ1) is 23.4. The Balaban J connectivity index is 1.74. The summed E-state index contributed by atoms with van der Waals surface area (Å²) in [6, 6.07) is 4.76. The molecule has 0 radical (unpaired) electrons. The number of hydrogen-bond acceptors (Lipinski definition) is 3. The number of halogens is 2. The van der Waals surface area contributed by atoms with Gasteiger partial charge < -0.3 is 5.32 Å². The predicted octanol–water partition coefficient (Wildman–Crippen LogP) is 4.93. The zero-order valence-electron chi connectivity index (χ0n) is 19.5. The lowest BCUT2D eigenvalue weighted by Crippen LogP contribution is -2.65. The van der Waals surface area contributed by atoms with Crippen LogP contribution in [0.15, 0.2) is 24.3 Å². The Morgan fingerprint density at radius 1 is 1.12 bits per heavy atom. The van der Waals surface area contributed by atoms with E-state index >= 15 is 0 Å². The molecule has 0 bridgehead atoms. The van der Waals surface area contributed by atoms with Crippen LogP contribution < -0.4 is 10.2 Å². The van der Waals surface area contributed by atoms with Crippen LogP contribution in [0.2, 0.25) is 0 Å². The van der Waals surface area contributed by atoms with Gasteiger partial charge >= 0.3 is 0 Å². The van der Waals surface area contributed by atoms with Crippen LogP contribution in [0.25, 0.3) is 0 Å². The largest absolute Gasteiger partial charge is 0.351 e. The van der Waals surface area contributed by atoms with Gasteiger partial charge in [0.25, 0.3) is 5.91 Å². The molecule has 2 heterocycles. The molecular formula is C25H32F2N4O2. The van der Waals surface area contributed by atoms with Gasteiger partial charge in [-0.2, -0.15) is 5.10 Å². The van der Waals surface area contributed by atoms with Crippen molar-refractivity contribution in [2.75, 3.05) is 4.90 Å². The predicted molar refractivity (Wildman–Crippen MR) is 122 cm³/mol. The molecule has 2 aliphatic rings. The van der Waals surface area contributed by atoms with Gasteiger partial charge in [0.05, 0.1) is 17.9 Å². The van der Waals surface area contributed by atoms with Gasteiger partial charge in [-0.1, -0.05) is 46.0 Å². The normalized spacial score (nSPS) is 22.1. The average Bonchev–Trinajstić information content (AvgIpc) is 3.15. The molecule has 1 aliphatic heterocycles. The molecule has 8 heteroatoms. The van der Waals surface area contributed by atoms with Crippen molar-refractivity contribution in [1.29, 1.82) is 0 Å². The molecule has 1 aromatic heterocycles. The van der Waals surface area contributed by atoms with Gasteiger partial charge in [0.15, 0.2) is 0 Å². The van der Waals surface area contributed by atoms with Crippen LogP contribution in [-0.4, -0.2) is 33.2 Å². The number of carbonyl (C=O) groups excluding carboxylic acids is 2. The number of nitrogens with one attached hydrogen (secondary N) is 1. The van der Waals surface area contributed by atoms with Gasteiger partial charge in [-0.3, -0.25) is 19.2 Å². The second-order valence-corrected chi connectivity index (χ2v) is 9.79. The van der Waals surface area contributed by atoms with Crippen molar-refractivity contribution in [2.45, 2.75) is 89.8 Å². The van der Waals surface area contributed by atoms with Crippen molar-refractivity contribution >= 4 is 17.5 Å². The summed E-state index contributed by atoms with van der Waals surface area (Å²) in [7, 11) is 0. The van der Waals surface area contributed by atoms with Crippen LogP contribution in [0.3, 0.4) is 0 Å².